The normalized spacial score (nSPS) is 12.8. The maximum atomic E-state index is 6.77. The lowest BCUT2D eigenvalue weighted by Crippen LogP contribution is -2.58. The van der Waals surface area contributed by atoms with Crippen LogP contribution in [0.15, 0.2) is 84.9 Å². The van der Waals surface area contributed by atoms with Gasteiger partial charge < -0.3 is 4.43 Å². The average Bonchev–Trinajstić information content (AvgIpc) is 2.63. The molecule has 24 heavy (non-hydrogen) atoms. The molecule has 0 bridgehead atoms. The fourth-order valence-corrected chi connectivity index (χ4v) is 6.18. The number of hydrogen-bond acceptors (Lipinski definition) is 1. The Balaban J connectivity index is 1.98. The largest absolute Gasteiger partial charge is 0.402 e. The van der Waals surface area contributed by atoms with Gasteiger partial charge in [-0.1, -0.05) is 90.5 Å². The third-order valence-electron chi connectivity index (χ3n) is 4.61. The Morgan fingerprint density at radius 2 is 1.17 bits per heavy atom. The minimum absolute atomic E-state index is 0.0580. The van der Waals surface area contributed by atoms with Crippen LogP contribution in [-0.2, 0) is 4.43 Å². The summed E-state index contributed by atoms with van der Waals surface area (Å²) >= 11 is 0. The second-order valence-corrected chi connectivity index (χ2v) is 9.89. The standard InChI is InChI=1S/C22H24OSi/c1-18-14-16-20(17-15-18)19(2)23-24(3,21-10-6-4-7-11-21)22-12-8-5-9-13-22/h4-17,19H,1-3H3. The fourth-order valence-electron chi connectivity index (χ4n) is 3.07. The van der Waals surface area contributed by atoms with E-state index in [-0.39, 0.29) is 6.10 Å². The lowest BCUT2D eigenvalue weighted by molar-refractivity contribution is 0.226. The Morgan fingerprint density at radius 3 is 1.62 bits per heavy atom. The average molecular weight is 333 g/mol. The van der Waals surface area contributed by atoms with Gasteiger partial charge in [0.2, 0.25) is 0 Å². The molecule has 0 amide bonds. The predicted molar refractivity (Wildman–Crippen MR) is 104 cm³/mol. The predicted octanol–water partition coefficient (Wildman–Crippen LogP) is 4.46. The summed E-state index contributed by atoms with van der Waals surface area (Å²) in [5.74, 6) is 0. The van der Waals surface area contributed by atoms with Crippen molar-refractivity contribution in [1.82, 2.24) is 0 Å². The van der Waals surface area contributed by atoms with Crippen LogP contribution in [0.1, 0.15) is 24.2 Å². The van der Waals surface area contributed by atoms with Gasteiger partial charge in [0.15, 0.2) is 0 Å². The Kier molecular flexibility index (Phi) is 4.98. The molecule has 0 fully saturated rings. The molecule has 0 radical (unpaired) electrons. The van der Waals surface area contributed by atoms with Gasteiger partial charge in [0, 0.05) is 0 Å². The summed E-state index contributed by atoms with van der Waals surface area (Å²) in [6.07, 6.45) is 0.0580. The molecule has 0 aliphatic carbocycles. The molecule has 0 saturated carbocycles. The summed E-state index contributed by atoms with van der Waals surface area (Å²) in [6, 6.07) is 30.0. The van der Waals surface area contributed by atoms with Crippen LogP contribution in [0.25, 0.3) is 0 Å². The Hall–Kier alpha value is -2.16. The van der Waals surface area contributed by atoms with Crippen LogP contribution in [-0.4, -0.2) is 8.32 Å². The highest BCUT2D eigenvalue weighted by Crippen LogP contribution is 2.22. The topological polar surface area (TPSA) is 9.23 Å². The molecule has 0 aliphatic rings. The Morgan fingerprint density at radius 1 is 0.708 bits per heavy atom. The van der Waals surface area contributed by atoms with Gasteiger partial charge in [-0.05, 0) is 36.3 Å². The van der Waals surface area contributed by atoms with Gasteiger partial charge >= 0.3 is 0 Å². The molecule has 2 heteroatoms. The summed E-state index contributed by atoms with van der Waals surface area (Å²) in [5.41, 5.74) is 2.50. The Bertz CT molecular complexity index is 727. The second-order valence-electron chi connectivity index (χ2n) is 6.44. The van der Waals surface area contributed by atoms with Crippen molar-refractivity contribution in [3.8, 4) is 0 Å². The van der Waals surface area contributed by atoms with Gasteiger partial charge in [0.05, 0.1) is 6.10 Å². The number of hydrogen-bond donors (Lipinski definition) is 0. The Labute approximate surface area is 146 Å². The van der Waals surface area contributed by atoms with Gasteiger partial charge in [-0.2, -0.15) is 0 Å². The van der Waals surface area contributed by atoms with Crippen molar-refractivity contribution >= 4 is 18.7 Å². The third-order valence-corrected chi connectivity index (χ3v) is 8.30. The van der Waals surface area contributed by atoms with E-state index in [1.807, 2.05) is 0 Å². The minimum Gasteiger partial charge on any atom is -0.402 e. The van der Waals surface area contributed by atoms with E-state index in [1.165, 1.54) is 21.5 Å². The molecule has 3 rings (SSSR count). The summed E-state index contributed by atoms with van der Waals surface area (Å²) < 4.78 is 6.77. The van der Waals surface area contributed by atoms with Crippen molar-refractivity contribution in [2.45, 2.75) is 26.5 Å². The zero-order chi connectivity index (χ0) is 17.0. The second kappa shape index (κ2) is 7.16. The molecule has 0 aromatic heterocycles. The quantitative estimate of drug-likeness (QED) is 0.627. The van der Waals surface area contributed by atoms with Gasteiger partial charge in [0.25, 0.3) is 8.32 Å². The first kappa shape index (κ1) is 16.7. The molecule has 0 saturated heterocycles. The van der Waals surface area contributed by atoms with Crippen LogP contribution in [0.3, 0.4) is 0 Å². The van der Waals surface area contributed by atoms with E-state index < -0.39 is 8.32 Å². The van der Waals surface area contributed by atoms with E-state index in [0.717, 1.165) is 0 Å². The smallest absolute Gasteiger partial charge is 0.253 e. The van der Waals surface area contributed by atoms with Crippen LogP contribution in [0.5, 0.6) is 0 Å². The maximum Gasteiger partial charge on any atom is 0.253 e. The number of rotatable bonds is 5. The van der Waals surface area contributed by atoms with E-state index in [4.69, 9.17) is 4.43 Å². The number of benzene rings is 3. The summed E-state index contributed by atoms with van der Waals surface area (Å²) in [6.45, 7) is 6.56. The molecular formula is C22H24OSi. The van der Waals surface area contributed by atoms with Crippen LogP contribution >= 0.6 is 0 Å². The summed E-state index contributed by atoms with van der Waals surface area (Å²) in [7, 11) is -2.26. The molecule has 0 aliphatic heterocycles. The van der Waals surface area contributed by atoms with E-state index in [1.54, 1.807) is 0 Å². The highest BCUT2D eigenvalue weighted by Gasteiger charge is 2.35. The van der Waals surface area contributed by atoms with Crippen LogP contribution in [0.2, 0.25) is 6.55 Å². The molecule has 0 spiro atoms. The van der Waals surface area contributed by atoms with Gasteiger partial charge in [-0.25, -0.2) is 0 Å². The molecule has 0 N–H and O–H groups in total. The summed E-state index contributed by atoms with van der Waals surface area (Å²) in [5, 5.41) is 2.60. The molecule has 3 aromatic rings. The van der Waals surface area contributed by atoms with Crippen molar-refractivity contribution in [2.24, 2.45) is 0 Å². The van der Waals surface area contributed by atoms with Crippen LogP contribution in [0, 0.1) is 6.92 Å². The highest BCUT2D eigenvalue weighted by molar-refractivity contribution is 6.96. The van der Waals surface area contributed by atoms with Crippen molar-refractivity contribution in [3.05, 3.63) is 96.1 Å². The molecule has 122 valence electrons. The molecule has 0 heterocycles. The van der Waals surface area contributed by atoms with Crippen LogP contribution < -0.4 is 10.4 Å². The van der Waals surface area contributed by atoms with Gasteiger partial charge in [0.1, 0.15) is 0 Å². The number of aryl methyl sites for hydroxylation is 1. The zero-order valence-corrected chi connectivity index (χ0v) is 15.6. The van der Waals surface area contributed by atoms with E-state index in [0.29, 0.717) is 0 Å². The summed E-state index contributed by atoms with van der Waals surface area (Å²) in [4.78, 5) is 0. The minimum atomic E-state index is -2.26. The van der Waals surface area contributed by atoms with Gasteiger partial charge in [-0.3, -0.25) is 0 Å². The molecule has 3 aromatic carbocycles. The van der Waals surface area contributed by atoms with Crippen molar-refractivity contribution in [1.29, 1.82) is 0 Å². The first-order valence-corrected chi connectivity index (χ1v) is 10.9. The lowest BCUT2D eigenvalue weighted by Gasteiger charge is -2.32. The van der Waals surface area contributed by atoms with Crippen molar-refractivity contribution in [3.63, 3.8) is 0 Å². The van der Waals surface area contributed by atoms with Crippen molar-refractivity contribution < 1.29 is 4.43 Å². The molecule has 1 nitrogen and oxygen atoms in total. The highest BCUT2D eigenvalue weighted by atomic mass is 28.4. The van der Waals surface area contributed by atoms with Crippen LogP contribution in [0.4, 0.5) is 0 Å². The van der Waals surface area contributed by atoms with Gasteiger partial charge in [-0.15, -0.1) is 0 Å². The maximum absolute atomic E-state index is 6.77. The lowest BCUT2D eigenvalue weighted by atomic mass is 10.1. The third kappa shape index (κ3) is 3.50. The monoisotopic (exact) mass is 332 g/mol. The first-order valence-electron chi connectivity index (χ1n) is 8.45. The molecular weight excluding hydrogens is 308 g/mol. The molecule has 1 unspecified atom stereocenters. The van der Waals surface area contributed by atoms with E-state index >= 15 is 0 Å². The SMILES string of the molecule is Cc1ccc(C(C)O[Si](C)(c2ccccc2)c2ccccc2)cc1. The van der Waals surface area contributed by atoms with Crippen molar-refractivity contribution in [2.75, 3.05) is 0 Å². The van der Waals surface area contributed by atoms with E-state index in [9.17, 15) is 0 Å². The van der Waals surface area contributed by atoms with E-state index in [2.05, 4.69) is 105 Å². The zero-order valence-electron chi connectivity index (χ0n) is 14.6. The fraction of sp³-hybridized carbons (Fsp3) is 0.182. The first-order chi connectivity index (χ1) is 11.6. The molecule has 1 atom stereocenters.